The summed E-state index contributed by atoms with van der Waals surface area (Å²) in [6, 6.07) is 3.86. The van der Waals surface area contributed by atoms with Crippen LogP contribution in [0, 0.1) is 12.8 Å². The molecule has 24 heavy (non-hydrogen) atoms. The van der Waals surface area contributed by atoms with Crippen molar-refractivity contribution in [1.29, 1.82) is 0 Å². The lowest BCUT2D eigenvalue weighted by Gasteiger charge is -2.14. The summed E-state index contributed by atoms with van der Waals surface area (Å²) in [5.74, 6) is 2.96. The number of pyridine rings is 1. The molecule has 0 radical (unpaired) electrons. The summed E-state index contributed by atoms with van der Waals surface area (Å²) in [6.45, 7) is 3.28. The minimum atomic E-state index is -0.318. The van der Waals surface area contributed by atoms with Gasteiger partial charge in [0.25, 0.3) is 0 Å². The van der Waals surface area contributed by atoms with E-state index in [1.807, 2.05) is 19.1 Å². The Balaban J connectivity index is 1.32. The Morgan fingerprint density at radius 1 is 1.42 bits per heavy atom. The minimum absolute atomic E-state index is 0.208. The van der Waals surface area contributed by atoms with E-state index in [1.54, 1.807) is 12.4 Å². The first-order valence-electron chi connectivity index (χ1n) is 8.29. The molecule has 1 fully saturated rings. The molecular formula is C17H21N5O2. The van der Waals surface area contributed by atoms with E-state index in [9.17, 15) is 5.11 Å². The summed E-state index contributed by atoms with van der Waals surface area (Å²) in [7, 11) is 0. The van der Waals surface area contributed by atoms with Gasteiger partial charge in [0.1, 0.15) is 17.2 Å². The Kier molecular flexibility index (Phi) is 4.03. The smallest absolute Gasteiger partial charge is 0.153 e. The number of aliphatic hydroxyl groups excluding tert-OH is 1. The highest BCUT2D eigenvalue weighted by atomic mass is 16.3. The maximum atomic E-state index is 10.3. The van der Waals surface area contributed by atoms with Crippen LogP contribution in [0.1, 0.15) is 36.2 Å². The molecule has 3 atom stereocenters. The van der Waals surface area contributed by atoms with Crippen LogP contribution in [0.25, 0.3) is 11.0 Å². The number of nitrogens with one attached hydrogen (secondary N) is 2. The number of nitrogens with zero attached hydrogens (tertiary/aromatic N) is 3. The molecule has 0 aromatic carbocycles. The van der Waals surface area contributed by atoms with Crippen LogP contribution in [-0.4, -0.2) is 37.9 Å². The zero-order valence-electron chi connectivity index (χ0n) is 13.6. The van der Waals surface area contributed by atoms with Crippen LogP contribution in [0.5, 0.6) is 0 Å². The van der Waals surface area contributed by atoms with Crippen molar-refractivity contribution in [2.45, 2.75) is 38.3 Å². The maximum Gasteiger partial charge on any atom is 0.153 e. The zero-order chi connectivity index (χ0) is 16.5. The van der Waals surface area contributed by atoms with Gasteiger partial charge in [-0.3, -0.25) is 10.1 Å². The molecule has 126 valence electrons. The predicted octanol–water partition coefficient (Wildman–Crippen LogP) is 1.90. The van der Waals surface area contributed by atoms with Crippen molar-refractivity contribution in [2.24, 2.45) is 5.92 Å². The van der Waals surface area contributed by atoms with Crippen molar-refractivity contribution in [3.05, 3.63) is 41.9 Å². The molecule has 0 amide bonds. The third-order valence-electron chi connectivity index (χ3n) is 4.71. The Labute approximate surface area is 139 Å². The van der Waals surface area contributed by atoms with Gasteiger partial charge in [-0.25, -0.2) is 4.98 Å². The SMILES string of the molecule is Cc1nc([C@H]2C[C@H](CNCc3cc4cnccc4o3)[C@H](O)C2)n[nH]1. The van der Waals surface area contributed by atoms with E-state index in [-0.39, 0.29) is 17.9 Å². The van der Waals surface area contributed by atoms with Gasteiger partial charge in [0.2, 0.25) is 0 Å². The van der Waals surface area contributed by atoms with Crippen LogP contribution >= 0.6 is 0 Å². The summed E-state index contributed by atoms with van der Waals surface area (Å²) < 4.78 is 5.76. The average molecular weight is 327 g/mol. The summed E-state index contributed by atoms with van der Waals surface area (Å²) >= 11 is 0. The van der Waals surface area contributed by atoms with Crippen molar-refractivity contribution < 1.29 is 9.52 Å². The fourth-order valence-corrected chi connectivity index (χ4v) is 3.48. The normalized spacial score (nSPS) is 24.0. The largest absolute Gasteiger partial charge is 0.460 e. The lowest BCUT2D eigenvalue weighted by Crippen LogP contribution is -2.27. The molecule has 1 aliphatic carbocycles. The van der Waals surface area contributed by atoms with Gasteiger partial charge in [0.15, 0.2) is 5.82 Å². The minimum Gasteiger partial charge on any atom is -0.460 e. The van der Waals surface area contributed by atoms with Gasteiger partial charge >= 0.3 is 0 Å². The second-order valence-electron chi connectivity index (χ2n) is 6.53. The number of H-pyrrole nitrogens is 1. The molecule has 7 nitrogen and oxygen atoms in total. The Bertz CT molecular complexity index is 794. The second-order valence-corrected chi connectivity index (χ2v) is 6.53. The van der Waals surface area contributed by atoms with E-state index in [0.717, 1.165) is 47.8 Å². The Morgan fingerprint density at radius 2 is 2.33 bits per heavy atom. The molecule has 1 saturated carbocycles. The summed E-state index contributed by atoms with van der Waals surface area (Å²) in [4.78, 5) is 8.49. The molecule has 0 spiro atoms. The topological polar surface area (TPSA) is 99.9 Å². The quantitative estimate of drug-likeness (QED) is 0.662. The maximum absolute atomic E-state index is 10.3. The highest BCUT2D eigenvalue weighted by Crippen LogP contribution is 2.36. The molecule has 4 rings (SSSR count). The van der Waals surface area contributed by atoms with E-state index in [0.29, 0.717) is 6.54 Å². The molecule has 7 heteroatoms. The van der Waals surface area contributed by atoms with Gasteiger partial charge in [-0.15, -0.1) is 0 Å². The molecule has 3 N–H and O–H groups in total. The number of rotatable bonds is 5. The monoisotopic (exact) mass is 327 g/mol. The lowest BCUT2D eigenvalue weighted by atomic mass is 10.0. The van der Waals surface area contributed by atoms with Gasteiger partial charge < -0.3 is 14.8 Å². The van der Waals surface area contributed by atoms with Crippen LogP contribution in [0.3, 0.4) is 0 Å². The molecular weight excluding hydrogens is 306 g/mol. The van der Waals surface area contributed by atoms with Crippen molar-refractivity contribution in [3.63, 3.8) is 0 Å². The van der Waals surface area contributed by atoms with Crippen LogP contribution < -0.4 is 5.32 Å². The number of aliphatic hydroxyl groups is 1. The van der Waals surface area contributed by atoms with E-state index in [2.05, 4.69) is 25.5 Å². The zero-order valence-corrected chi connectivity index (χ0v) is 13.6. The van der Waals surface area contributed by atoms with Crippen LogP contribution in [0.4, 0.5) is 0 Å². The highest BCUT2D eigenvalue weighted by Gasteiger charge is 2.35. The first-order valence-corrected chi connectivity index (χ1v) is 8.29. The van der Waals surface area contributed by atoms with Crippen LogP contribution in [-0.2, 0) is 6.54 Å². The number of hydrogen-bond donors (Lipinski definition) is 3. The first kappa shape index (κ1) is 15.3. The average Bonchev–Trinajstić information content (AvgIpc) is 3.26. The number of aryl methyl sites for hydroxylation is 1. The van der Waals surface area contributed by atoms with Crippen molar-refractivity contribution >= 4 is 11.0 Å². The highest BCUT2D eigenvalue weighted by molar-refractivity contribution is 5.76. The molecule has 0 unspecified atom stereocenters. The van der Waals surface area contributed by atoms with Crippen LogP contribution in [0.15, 0.2) is 28.9 Å². The molecule has 3 heterocycles. The van der Waals surface area contributed by atoms with E-state index in [4.69, 9.17) is 4.42 Å². The fraction of sp³-hybridized carbons (Fsp3) is 0.471. The summed E-state index contributed by atoms with van der Waals surface area (Å²) in [5.41, 5.74) is 0.850. The van der Waals surface area contributed by atoms with Gasteiger partial charge in [-0.1, -0.05) is 0 Å². The molecule has 0 bridgehead atoms. The van der Waals surface area contributed by atoms with E-state index >= 15 is 0 Å². The standard InChI is InChI=1S/C17H21N5O2/c1-10-20-17(22-21-10)11-4-12(15(23)6-11)7-19-9-14-5-13-8-18-3-2-16(13)24-14/h2-3,5,8,11-12,15,19,23H,4,6-7,9H2,1H3,(H,20,21,22)/t11-,12+,15+/m0/s1. The summed E-state index contributed by atoms with van der Waals surface area (Å²) in [5, 5.41) is 21.8. The molecule has 3 aromatic heterocycles. The Hall–Kier alpha value is -2.25. The number of aromatic amines is 1. The second kappa shape index (κ2) is 6.33. The van der Waals surface area contributed by atoms with Crippen LogP contribution in [0.2, 0.25) is 0 Å². The third kappa shape index (κ3) is 3.05. The Morgan fingerprint density at radius 3 is 3.12 bits per heavy atom. The van der Waals surface area contributed by atoms with E-state index in [1.165, 1.54) is 0 Å². The van der Waals surface area contributed by atoms with Crippen molar-refractivity contribution in [1.82, 2.24) is 25.5 Å². The number of fused-ring (bicyclic) bond motifs is 1. The van der Waals surface area contributed by atoms with Gasteiger partial charge in [-0.2, -0.15) is 5.10 Å². The molecule has 0 aliphatic heterocycles. The lowest BCUT2D eigenvalue weighted by molar-refractivity contribution is 0.130. The molecule has 3 aromatic rings. The number of aromatic nitrogens is 4. The first-order chi connectivity index (χ1) is 11.7. The number of furan rings is 1. The number of hydrogen-bond acceptors (Lipinski definition) is 6. The van der Waals surface area contributed by atoms with Gasteiger partial charge in [-0.05, 0) is 37.8 Å². The van der Waals surface area contributed by atoms with Crippen molar-refractivity contribution in [3.8, 4) is 0 Å². The van der Waals surface area contributed by atoms with E-state index < -0.39 is 0 Å². The summed E-state index contributed by atoms with van der Waals surface area (Å²) in [6.07, 6.45) is 4.83. The van der Waals surface area contributed by atoms with Gasteiger partial charge in [0, 0.05) is 30.2 Å². The van der Waals surface area contributed by atoms with Gasteiger partial charge in [0.05, 0.1) is 12.6 Å². The molecule has 1 aliphatic rings. The predicted molar refractivity (Wildman–Crippen MR) is 88.3 cm³/mol. The fourth-order valence-electron chi connectivity index (χ4n) is 3.48. The molecule has 0 saturated heterocycles. The third-order valence-corrected chi connectivity index (χ3v) is 4.71. The van der Waals surface area contributed by atoms with Crippen molar-refractivity contribution in [2.75, 3.05) is 6.54 Å².